The van der Waals surface area contributed by atoms with E-state index in [2.05, 4.69) is 18.5 Å². The van der Waals surface area contributed by atoms with Crippen LogP contribution in [0.1, 0.15) is 37.4 Å². The minimum atomic E-state index is -0.684. The molecule has 0 radical (unpaired) electrons. The van der Waals surface area contributed by atoms with Crippen LogP contribution in [0.5, 0.6) is 11.5 Å². The summed E-state index contributed by atoms with van der Waals surface area (Å²) in [6.45, 7) is 8.14. The van der Waals surface area contributed by atoms with Crippen LogP contribution in [-0.4, -0.2) is 30.9 Å². The van der Waals surface area contributed by atoms with Gasteiger partial charge in [0.25, 0.3) is 5.56 Å². The molecule has 4 rings (SSSR count). The molecule has 2 aromatic carbocycles. The molecule has 8 heteroatoms. The van der Waals surface area contributed by atoms with Gasteiger partial charge in [-0.1, -0.05) is 55.2 Å². The number of benzene rings is 2. The lowest BCUT2D eigenvalue weighted by Crippen LogP contribution is -2.39. The number of fused-ring (bicyclic) bond motifs is 1. The van der Waals surface area contributed by atoms with E-state index in [1.807, 2.05) is 42.5 Å². The lowest BCUT2D eigenvalue weighted by Gasteiger charge is -2.24. The van der Waals surface area contributed by atoms with Gasteiger partial charge in [0.1, 0.15) is 18.1 Å². The first kappa shape index (κ1) is 25.2. The Morgan fingerprint density at radius 2 is 1.83 bits per heavy atom. The van der Waals surface area contributed by atoms with E-state index in [0.29, 0.717) is 33.0 Å². The third-order valence-corrected chi connectivity index (χ3v) is 6.64. The lowest BCUT2D eigenvalue weighted by atomic mass is 9.96. The van der Waals surface area contributed by atoms with E-state index in [0.717, 1.165) is 23.3 Å². The maximum atomic E-state index is 13.7. The lowest BCUT2D eigenvalue weighted by molar-refractivity contribution is -0.138. The molecule has 0 aliphatic carbocycles. The molecule has 3 aromatic rings. The van der Waals surface area contributed by atoms with Crippen molar-refractivity contribution >= 4 is 23.4 Å². The third-order valence-electron chi connectivity index (χ3n) is 5.66. The highest BCUT2D eigenvalue weighted by atomic mass is 32.1. The van der Waals surface area contributed by atoms with E-state index in [-0.39, 0.29) is 12.2 Å². The first-order chi connectivity index (χ1) is 17.5. The molecule has 0 bridgehead atoms. The normalized spacial score (nSPS) is 15.2. The number of carbonyl (C=O) groups excluding carboxylic acids is 1. The Labute approximate surface area is 213 Å². The highest BCUT2D eigenvalue weighted by molar-refractivity contribution is 7.07. The van der Waals surface area contributed by atoms with Crippen LogP contribution in [-0.2, 0) is 9.53 Å². The van der Waals surface area contributed by atoms with Crippen LogP contribution in [0.25, 0.3) is 6.08 Å². The number of aromatic nitrogens is 1. The molecule has 1 atom stereocenters. The third kappa shape index (κ3) is 5.18. The number of rotatable bonds is 9. The number of nitrogens with zero attached hydrogens (tertiary/aromatic N) is 2. The minimum absolute atomic E-state index is 0.0628. The first-order valence-corrected chi connectivity index (χ1v) is 12.5. The Morgan fingerprint density at radius 3 is 2.47 bits per heavy atom. The second-order valence-electron chi connectivity index (χ2n) is 8.16. The van der Waals surface area contributed by atoms with Gasteiger partial charge < -0.3 is 14.2 Å². The second kappa shape index (κ2) is 11.2. The number of allylic oxidation sites excluding steroid dienone is 1. The summed E-state index contributed by atoms with van der Waals surface area (Å²) in [5.74, 6) is 0.927. The standard InChI is InChI=1S/C28H28N2O5S/c1-5-15-34-22-11-7-19(8-12-22)17-23-26(31)30-25(20-9-13-21(33-4)14-10-20)24(27(32)35-16-6-2)18(3)29-28(30)36-23/h6-14,17,25H,2,5,15-16H2,1,3-4H3/b23-17+/t25-/m1/s1. The van der Waals surface area contributed by atoms with Gasteiger partial charge in [0.15, 0.2) is 4.80 Å². The molecule has 0 saturated carbocycles. The maximum Gasteiger partial charge on any atom is 0.338 e. The topological polar surface area (TPSA) is 79.1 Å². The van der Waals surface area contributed by atoms with Gasteiger partial charge in [0.2, 0.25) is 0 Å². The summed E-state index contributed by atoms with van der Waals surface area (Å²) < 4.78 is 18.4. The molecule has 0 saturated heterocycles. The van der Waals surface area contributed by atoms with Gasteiger partial charge in [-0.2, -0.15) is 0 Å². The first-order valence-electron chi connectivity index (χ1n) is 11.6. The van der Waals surface area contributed by atoms with Crippen molar-refractivity contribution < 1.29 is 19.0 Å². The fraction of sp³-hybridized carbons (Fsp3) is 0.250. The summed E-state index contributed by atoms with van der Waals surface area (Å²) in [4.78, 5) is 31.8. The number of hydrogen-bond acceptors (Lipinski definition) is 7. The van der Waals surface area contributed by atoms with Crippen LogP contribution in [0.15, 0.2) is 82.2 Å². The van der Waals surface area contributed by atoms with Crippen molar-refractivity contribution in [3.8, 4) is 11.5 Å². The van der Waals surface area contributed by atoms with E-state index in [1.54, 1.807) is 30.7 Å². The molecule has 1 aromatic heterocycles. The van der Waals surface area contributed by atoms with Crippen molar-refractivity contribution in [3.05, 3.63) is 103 Å². The predicted molar refractivity (Wildman–Crippen MR) is 140 cm³/mol. The van der Waals surface area contributed by atoms with Gasteiger partial charge in [-0.05, 0) is 54.8 Å². The molecule has 2 heterocycles. The number of methoxy groups -OCH3 is 1. The van der Waals surface area contributed by atoms with Gasteiger partial charge in [-0.3, -0.25) is 9.36 Å². The van der Waals surface area contributed by atoms with Crippen molar-refractivity contribution in [2.45, 2.75) is 26.3 Å². The largest absolute Gasteiger partial charge is 0.497 e. The molecule has 0 unspecified atom stereocenters. The fourth-order valence-electron chi connectivity index (χ4n) is 3.93. The Bertz CT molecular complexity index is 1460. The van der Waals surface area contributed by atoms with Gasteiger partial charge in [0.05, 0.1) is 35.6 Å². The van der Waals surface area contributed by atoms with E-state index < -0.39 is 12.0 Å². The molecule has 7 nitrogen and oxygen atoms in total. The predicted octanol–water partition coefficient (Wildman–Crippen LogP) is 3.76. The minimum Gasteiger partial charge on any atom is -0.497 e. The van der Waals surface area contributed by atoms with Crippen molar-refractivity contribution in [2.75, 3.05) is 20.3 Å². The quantitative estimate of drug-likeness (QED) is 0.328. The van der Waals surface area contributed by atoms with Crippen LogP contribution in [0, 0.1) is 0 Å². The summed E-state index contributed by atoms with van der Waals surface area (Å²) in [6.07, 6.45) is 4.26. The van der Waals surface area contributed by atoms with Crippen LogP contribution in [0.4, 0.5) is 0 Å². The van der Waals surface area contributed by atoms with E-state index >= 15 is 0 Å². The summed E-state index contributed by atoms with van der Waals surface area (Å²) >= 11 is 1.29. The maximum absolute atomic E-state index is 13.7. The Morgan fingerprint density at radius 1 is 1.14 bits per heavy atom. The number of esters is 1. The molecule has 1 aliphatic rings. The summed E-state index contributed by atoms with van der Waals surface area (Å²) in [7, 11) is 1.59. The molecule has 0 spiro atoms. The number of thiazole rings is 1. The van der Waals surface area contributed by atoms with E-state index in [1.165, 1.54) is 17.4 Å². The Balaban J connectivity index is 1.82. The summed E-state index contributed by atoms with van der Waals surface area (Å²) in [5.41, 5.74) is 2.22. The highest BCUT2D eigenvalue weighted by Crippen LogP contribution is 2.31. The number of carbonyl (C=O) groups is 1. The Hall–Kier alpha value is -3.91. The monoisotopic (exact) mass is 504 g/mol. The molecule has 0 N–H and O–H groups in total. The molecule has 36 heavy (non-hydrogen) atoms. The van der Waals surface area contributed by atoms with Crippen molar-refractivity contribution in [1.29, 1.82) is 0 Å². The van der Waals surface area contributed by atoms with Gasteiger partial charge in [0, 0.05) is 0 Å². The average molecular weight is 505 g/mol. The Kier molecular flexibility index (Phi) is 7.85. The molecule has 0 fully saturated rings. The average Bonchev–Trinajstić information content (AvgIpc) is 3.20. The zero-order chi connectivity index (χ0) is 25.7. The summed E-state index contributed by atoms with van der Waals surface area (Å²) in [6, 6.07) is 14.2. The molecule has 186 valence electrons. The smallest absolute Gasteiger partial charge is 0.338 e. The SMILES string of the molecule is C=CCOC(=O)C1=C(C)N=c2s/c(=C/c3ccc(OCCC)cc3)c(=O)n2[C@@H]1c1ccc(OC)cc1. The van der Waals surface area contributed by atoms with Crippen molar-refractivity contribution in [1.82, 2.24) is 4.57 Å². The molecule has 0 amide bonds. The van der Waals surface area contributed by atoms with E-state index in [4.69, 9.17) is 14.2 Å². The summed E-state index contributed by atoms with van der Waals surface area (Å²) in [5, 5.41) is 0. The van der Waals surface area contributed by atoms with Crippen LogP contribution >= 0.6 is 11.3 Å². The van der Waals surface area contributed by atoms with Crippen LogP contribution in [0.2, 0.25) is 0 Å². The molecular weight excluding hydrogens is 476 g/mol. The molecular formula is C28H28N2O5S. The second-order valence-corrected chi connectivity index (χ2v) is 9.17. The van der Waals surface area contributed by atoms with Gasteiger partial charge in [-0.25, -0.2) is 9.79 Å². The highest BCUT2D eigenvalue weighted by Gasteiger charge is 2.33. The number of ether oxygens (including phenoxy) is 3. The van der Waals surface area contributed by atoms with E-state index in [9.17, 15) is 9.59 Å². The van der Waals surface area contributed by atoms with Crippen LogP contribution in [0.3, 0.4) is 0 Å². The molecule has 1 aliphatic heterocycles. The van der Waals surface area contributed by atoms with Gasteiger partial charge in [-0.15, -0.1) is 0 Å². The van der Waals surface area contributed by atoms with Gasteiger partial charge >= 0.3 is 5.97 Å². The zero-order valence-electron chi connectivity index (χ0n) is 20.5. The number of hydrogen-bond donors (Lipinski definition) is 0. The fourth-order valence-corrected chi connectivity index (χ4v) is 4.97. The van der Waals surface area contributed by atoms with Crippen molar-refractivity contribution in [3.63, 3.8) is 0 Å². The van der Waals surface area contributed by atoms with Crippen LogP contribution < -0.4 is 24.4 Å². The zero-order valence-corrected chi connectivity index (χ0v) is 21.3. The van der Waals surface area contributed by atoms with Crippen molar-refractivity contribution in [2.24, 2.45) is 4.99 Å².